The number of hydrogen-bond donors (Lipinski definition) is 1. The van der Waals surface area contributed by atoms with Gasteiger partial charge in [-0.1, -0.05) is 28.1 Å². The highest BCUT2D eigenvalue weighted by molar-refractivity contribution is 9.09. The van der Waals surface area contributed by atoms with E-state index in [0.717, 1.165) is 16.6 Å². The molecular formula is C9H11BrN2. The number of alkyl halides is 1. The second-order valence-electron chi connectivity index (χ2n) is 2.47. The summed E-state index contributed by atoms with van der Waals surface area (Å²) in [6.45, 7) is 1.95. The van der Waals surface area contributed by atoms with Gasteiger partial charge in [0.25, 0.3) is 0 Å². The van der Waals surface area contributed by atoms with Crippen LogP contribution >= 0.6 is 15.9 Å². The van der Waals surface area contributed by atoms with E-state index in [-0.39, 0.29) is 0 Å². The van der Waals surface area contributed by atoms with Crippen molar-refractivity contribution < 1.29 is 0 Å². The Morgan fingerprint density at radius 3 is 2.92 bits per heavy atom. The summed E-state index contributed by atoms with van der Waals surface area (Å²) in [6.07, 6.45) is 4.05. The smallest absolute Gasteiger partial charge is 0.123 e. The third-order valence-electron chi connectivity index (χ3n) is 1.53. The zero-order chi connectivity index (χ0) is 8.97. The number of nitrogens with two attached hydrogens (primary N) is 1. The number of rotatable bonds is 2. The van der Waals surface area contributed by atoms with Crippen LogP contribution in [-0.2, 0) is 0 Å². The molecule has 0 fully saturated rings. The van der Waals surface area contributed by atoms with Crippen LogP contribution in [0.25, 0.3) is 6.08 Å². The van der Waals surface area contributed by atoms with Gasteiger partial charge in [-0.3, -0.25) is 0 Å². The Hall–Kier alpha value is -0.830. The summed E-state index contributed by atoms with van der Waals surface area (Å²) < 4.78 is 0. The van der Waals surface area contributed by atoms with Gasteiger partial charge < -0.3 is 5.73 Å². The number of nitrogens with zero attached hydrogens (tertiary/aromatic N) is 1. The predicted molar refractivity (Wildman–Crippen MR) is 56.2 cm³/mol. The van der Waals surface area contributed by atoms with Crippen molar-refractivity contribution >= 4 is 27.8 Å². The van der Waals surface area contributed by atoms with Gasteiger partial charge in [0.15, 0.2) is 0 Å². The second-order valence-corrected chi connectivity index (χ2v) is 3.11. The molecule has 0 atom stereocenters. The lowest BCUT2D eigenvalue weighted by atomic mass is 10.2. The molecule has 0 aliphatic carbocycles. The molecule has 2 nitrogen and oxygen atoms in total. The summed E-state index contributed by atoms with van der Waals surface area (Å²) in [5.74, 6) is 0.573. The van der Waals surface area contributed by atoms with Crippen molar-refractivity contribution in [2.45, 2.75) is 6.92 Å². The van der Waals surface area contributed by atoms with E-state index >= 15 is 0 Å². The van der Waals surface area contributed by atoms with Crippen LogP contribution in [0.3, 0.4) is 0 Å². The van der Waals surface area contributed by atoms with Gasteiger partial charge in [0.1, 0.15) is 5.82 Å². The van der Waals surface area contributed by atoms with Crippen molar-refractivity contribution in [3.63, 3.8) is 0 Å². The quantitative estimate of drug-likeness (QED) is 0.787. The molecule has 0 aliphatic heterocycles. The molecule has 0 amide bonds. The highest BCUT2D eigenvalue weighted by Gasteiger charge is 1.94. The lowest BCUT2D eigenvalue weighted by Crippen LogP contribution is -1.93. The first-order valence-electron chi connectivity index (χ1n) is 3.69. The zero-order valence-electron chi connectivity index (χ0n) is 6.92. The fraction of sp³-hybridized carbons (Fsp3) is 0.222. The first-order valence-corrected chi connectivity index (χ1v) is 4.82. The van der Waals surface area contributed by atoms with Gasteiger partial charge >= 0.3 is 0 Å². The SMILES string of the molecule is Cc1nc(N)ccc1C=CCBr. The minimum Gasteiger partial charge on any atom is -0.384 e. The molecule has 2 N–H and O–H groups in total. The summed E-state index contributed by atoms with van der Waals surface area (Å²) in [4.78, 5) is 4.14. The van der Waals surface area contributed by atoms with Gasteiger partial charge in [-0.25, -0.2) is 4.98 Å². The van der Waals surface area contributed by atoms with Crippen LogP contribution in [0.4, 0.5) is 5.82 Å². The average Bonchev–Trinajstić information content (AvgIpc) is 2.03. The molecule has 0 spiro atoms. The van der Waals surface area contributed by atoms with Crippen molar-refractivity contribution in [1.29, 1.82) is 0 Å². The molecule has 0 aliphatic rings. The van der Waals surface area contributed by atoms with Gasteiger partial charge in [-0.15, -0.1) is 0 Å². The van der Waals surface area contributed by atoms with Crippen LogP contribution in [0.1, 0.15) is 11.3 Å². The standard InChI is InChI=1S/C9H11BrN2/c1-7-8(3-2-6-10)4-5-9(11)12-7/h2-5H,6H2,1H3,(H2,11,12). The number of halogens is 1. The Morgan fingerprint density at radius 2 is 2.33 bits per heavy atom. The maximum atomic E-state index is 5.51. The van der Waals surface area contributed by atoms with Crippen molar-refractivity contribution in [3.8, 4) is 0 Å². The topological polar surface area (TPSA) is 38.9 Å². The third-order valence-corrected chi connectivity index (χ3v) is 1.91. The van der Waals surface area contributed by atoms with Gasteiger partial charge in [-0.05, 0) is 24.6 Å². The largest absolute Gasteiger partial charge is 0.384 e. The molecule has 1 aromatic heterocycles. The molecular weight excluding hydrogens is 216 g/mol. The number of nitrogen functional groups attached to an aromatic ring is 1. The van der Waals surface area contributed by atoms with Crippen molar-refractivity contribution in [1.82, 2.24) is 4.98 Å². The molecule has 0 radical (unpaired) electrons. The summed E-state index contributed by atoms with van der Waals surface area (Å²) in [7, 11) is 0. The Bertz CT molecular complexity index is 295. The maximum Gasteiger partial charge on any atom is 0.123 e. The Balaban J connectivity index is 2.94. The number of hydrogen-bond acceptors (Lipinski definition) is 2. The second kappa shape index (κ2) is 4.26. The van der Waals surface area contributed by atoms with Crippen LogP contribution in [0, 0.1) is 6.92 Å². The highest BCUT2D eigenvalue weighted by atomic mass is 79.9. The van der Waals surface area contributed by atoms with E-state index in [4.69, 9.17) is 5.73 Å². The fourth-order valence-electron chi connectivity index (χ4n) is 0.939. The average molecular weight is 227 g/mol. The first-order chi connectivity index (χ1) is 5.74. The number of pyridine rings is 1. The van der Waals surface area contributed by atoms with Gasteiger partial charge in [0.05, 0.1) is 0 Å². The summed E-state index contributed by atoms with van der Waals surface area (Å²) in [6, 6.07) is 3.78. The Kier molecular flexibility index (Phi) is 3.29. The molecule has 0 saturated carbocycles. The van der Waals surface area contributed by atoms with E-state index in [1.807, 2.05) is 25.1 Å². The zero-order valence-corrected chi connectivity index (χ0v) is 8.51. The molecule has 0 bridgehead atoms. The van der Waals surface area contributed by atoms with E-state index < -0.39 is 0 Å². The van der Waals surface area contributed by atoms with E-state index in [2.05, 4.69) is 20.9 Å². The molecule has 64 valence electrons. The number of anilines is 1. The van der Waals surface area contributed by atoms with E-state index in [9.17, 15) is 0 Å². The normalized spacial score (nSPS) is 10.8. The van der Waals surface area contributed by atoms with Crippen LogP contribution in [0.2, 0.25) is 0 Å². The Morgan fingerprint density at radius 1 is 1.58 bits per heavy atom. The van der Waals surface area contributed by atoms with Crippen molar-refractivity contribution in [2.75, 3.05) is 11.1 Å². The molecule has 0 aromatic carbocycles. The van der Waals surface area contributed by atoms with Crippen LogP contribution in [0.15, 0.2) is 18.2 Å². The summed E-state index contributed by atoms with van der Waals surface area (Å²) in [5, 5.41) is 0.858. The lowest BCUT2D eigenvalue weighted by molar-refractivity contribution is 1.20. The lowest BCUT2D eigenvalue weighted by Gasteiger charge is -1.99. The van der Waals surface area contributed by atoms with E-state index in [0.29, 0.717) is 5.82 Å². The molecule has 12 heavy (non-hydrogen) atoms. The van der Waals surface area contributed by atoms with E-state index in [1.54, 1.807) is 6.07 Å². The first kappa shape index (κ1) is 9.26. The van der Waals surface area contributed by atoms with Gasteiger partial charge in [0.2, 0.25) is 0 Å². The molecule has 1 aromatic rings. The molecule has 0 unspecified atom stereocenters. The third kappa shape index (κ3) is 2.34. The molecule has 1 heterocycles. The monoisotopic (exact) mass is 226 g/mol. The minimum absolute atomic E-state index is 0.573. The molecule has 3 heteroatoms. The Labute approximate surface area is 80.6 Å². The van der Waals surface area contributed by atoms with Crippen molar-refractivity contribution in [2.24, 2.45) is 0 Å². The maximum absolute atomic E-state index is 5.51. The van der Waals surface area contributed by atoms with Gasteiger partial charge in [0, 0.05) is 11.0 Å². The van der Waals surface area contributed by atoms with E-state index in [1.165, 1.54) is 0 Å². The van der Waals surface area contributed by atoms with Crippen molar-refractivity contribution in [3.05, 3.63) is 29.5 Å². The number of aryl methyl sites for hydroxylation is 1. The van der Waals surface area contributed by atoms with Crippen LogP contribution in [-0.4, -0.2) is 10.3 Å². The fourth-order valence-corrected chi connectivity index (χ4v) is 1.13. The summed E-state index contributed by atoms with van der Waals surface area (Å²) >= 11 is 3.31. The number of aromatic nitrogens is 1. The van der Waals surface area contributed by atoms with Crippen LogP contribution in [0.5, 0.6) is 0 Å². The highest BCUT2D eigenvalue weighted by Crippen LogP contribution is 2.09. The van der Waals surface area contributed by atoms with Gasteiger partial charge in [-0.2, -0.15) is 0 Å². The molecule has 0 saturated heterocycles. The van der Waals surface area contributed by atoms with Crippen LogP contribution < -0.4 is 5.73 Å². The minimum atomic E-state index is 0.573. The summed E-state index contributed by atoms with van der Waals surface area (Å²) in [5.41, 5.74) is 7.59. The molecule has 1 rings (SSSR count). The number of allylic oxidation sites excluding steroid dienone is 1. The predicted octanol–water partition coefficient (Wildman–Crippen LogP) is 2.38.